The summed E-state index contributed by atoms with van der Waals surface area (Å²) < 4.78 is 5.61. The molecule has 0 amide bonds. The molecule has 1 heterocycles. The predicted octanol–water partition coefficient (Wildman–Crippen LogP) is 7.01. The molecule has 1 fully saturated rings. The number of nitrogens with zero attached hydrogens (tertiary/aromatic N) is 3. The van der Waals surface area contributed by atoms with E-state index in [1.165, 1.54) is 28.1 Å². The monoisotopic (exact) mass is 483 g/mol. The zero-order valence-corrected chi connectivity index (χ0v) is 20.9. The van der Waals surface area contributed by atoms with Crippen LogP contribution in [0.25, 0.3) is 6.08 Å². The molecule has 4 rings (SSSR count). The van der Waals surface area contributed by atoms with Gasteiger partial charge in [-0.25, -0.2) is 0 Å². The van der Waals surface area contributed by atoms with E-state index < -0.39 is 0 Å². The fraction of sp³-hybridized carbons (Fsp3) is 0.370. The van der Waals surface area contributed by atoms with Crippen molar-refractivity contribution in [3.8, 4) is 0 Å². The third-order valence-electron chi connectivity index (χ3n) is 6.23. The molecule has 1 aliphatic heterocycles. The first kappa shape index (κ1) is 23.9. The Balaban J connectivity index is 1.63. The van der Waals surface area contributed by atoms with Crippen LogP contribution in [-0.4, -0.2) is 50.5 Å². The summed E-state index contributed by atoms with van der Waals surface area (Å²) in [5, 5.41) is 1.07. The van der Waals surface area contributed by atoms with Crippen molar-refractivity contribution in [1.82, 2.24) is 4.90 Å². The molecular weight excluding hydrogens is 453 g/mol. The average molecular weight is 484 g/mol. The van der Waals surface area contributed by atoms with E-state index in [0.717, 1.165) is 57.9 Å². The van der Waals surface area contributed by atoms with Gasteiger partial charge in [0.15, 0.2) is 0 Å². The Bertz CT molecular complexity index is 1050. The Morgan fingerprint density at radius 2 is 1.70 bits per heavy atom. The van der Waals surface area contributed by atoms with Crippen molar-refractivity contribution < 1.29 is 4.74 Å². The second kappa shape index (κ2) is 11.2. The Labute approximate surface area is 207 Å². The summed E-state index contributed by atoms with van der Waals surface area (Å²) in [5.41, 5.74) is 7.23. The van der Waals surface area contributed by atoms with Crippen LogP contribution in [0.4, 0.5) is 11.4 Å². The van der Waals surface area contributed by atoms with Crippen LogP contribution in [0.5, 0.6) is 0 Å². The lowest BCUT2D eigenvalue weighted by atomic mass is 10.1. The molecule has 2 aliphatic rings. The van der Waals surface area contributed by atoms with Gasteiger partial charge in [-0.15, -0.1) is 0 Å². The molecule has 174 valence electrons. The summed E-state index contributed by atoms with van der Waals surface area (Å²) in [4.78, 5) is 9.52. The number of halogens is 2. The average Bonchev–Trinajstić information content (AvgIpc) is 3.24. The zero-order valence-electron chi connectivity index (χ0n) is 19.4. The zero-order chi connectivity index (χ0) is 23.2. The van der Waals surface area contributed by atoms with Crippen LogP contribution >= 0.6 is 23.2 Å². The molecule has 0 spiro atoms. The molecule has 0 bridgehead atoms. The van der Waals surface area contributed by atoms with Crippen molar-refractivity contribution >= 4 is 46.9 Å². The van der Waals surface area contributed by atoms with Crippen LogP contribution in [-0.2, 0) is 4.74 Å². The largest absolute Gasteiger partial charge is 0.378 e. The molecule has 0 radical (unpaired) electrons. The summed E-state index contributed by atoms with van der Waals surface area (Å²) in [7, 11) is 0. The van der Waals surface area contributed by atoms with E-state index in [1.54, 1.807) is 12.1 Å². The maximum absolute atomic E-state index is 6.17. The van der Waals surface area contributed by atoms with Gasteiger partial charge in [-0.05, 0) is 79.8 Å². The minimum absolute atomic E-state index is 0.522. The van der Waals surface area contributed by atoms with Crippen molar-refractivity contribution in [2.75, 3.05) is 44.3 Å². The number of hydrogen-bond donors (Lipinski definition) is 0. The van der Waals surface area contributed by atoms with Crippen molar-refractivity contribution in [1.29, 1.82) is 0 Å². The van der Waals surface area contributed by atoms with Gasteiger partial charge >= 0.3 is 0 Å². The number of benzene rings is 2. The smallest absolute Gasteiger partial charge is 0.0645 e. The maximum Gasteiger partial charge on any atom is 0.0645 e. The van der Waals surface area contributed by atoms with E-state index in [9.17, 15) is 0 Å². The highest BCUT2D eigenvalue weighted by Crippen LogP contribution is 2.36. The van der Waals surface area contributed by atoms with Gasteiger partial charge in [-0.1, -0.05) is 35.3 Å². The van der Waals surface area contributed by atoms with E-state index in [1.807, 2.05) is 12.3 Å². The van der Waals surface area contributed by atoms with Gasteiger partial charge in [-0.2, -0.15) is 0 Å². The molecule has 6 heteroatoms. The summed E-state index contributed by atoms with van der Waals surface area (Å²) in [6.07, 6.45) is 6.31. The lowest BCUT2D eigenvalue weighted by Gasteiger charge is -2.31. The first-order chi connectivity index (χ1) is 16.1. The van der Waals surface area contributed by atoms with Gasteiger partial charge in [-0.3, -0.25) is 4.99 Å². The first-order valence-electron chi connectivity index (χ1n) is 11.7. The van der Waals surface area contributed by atoms with Crippen molar-refractivity contribution in [2.24, 2.45) is 4.99 Å². The Hall–Kier alpha value is -2.27. The second-order valence-corrected chi connectivity index (χ2v) is 9.08. The van der Waals surface area contributed by atoms with E-state index in [2.05, 4.69) is 54.0 Å². The van der Waals surface area contributed by atoms with E-state index in [0.29, 0.717) is 10.0 Å². The highest BCUT2D eigenvalue weighted by molar-refractivity contribution is 6.42. The molecule has 0 N–H and O–H groups in total. The predicted molar refractivity (Wildman–Crippen MR) is 141 cm³/mol. The minimum Gasteiger partial charge on any atom is -0.378 e. The third-order valence-corrected chi connectivity index (χ3v) is 6.97. The number of allylic oxidation sites excluding steroid dienone is 2. The highest BCUT2D eigenvalue weighted by Gasteiger charge is 2.25. The molecule has 1 saturated heterocycles. The summed E-state index contributed by atoms with van der Waals surface area (Å²) in [6.45, 7) is 9.73. The standard InChI is InChI=1S/C27H31Cl2N3O/c1-3-31(4-2)24-10-5-20(6-11-24)17-21-7-8-22(27(21)32-13-15-33-16-14-32)19-30-23-9-12-25(28)26(29)18-23/h5-6,9-12,17-19H,3-4,7-8,13-16H2,1-2H3. The molecule has 1 aliphatic carbocycles. The topological polar surface area (TPSA) is 28.1 Å². The van der Waals surface area contributed by atoms with Gasteiger partial charge in [0.1, 0.15) is 0 Å². The molecule has 0 atom stereocenters. The van der Waals surface area contributed by atoms with E-state index >= 15 is 0 Å². The van der Waals surface area contributed by atoms with E-state index in [-0.39, 0.29) is 0 Å². The van der Waals surface area contributed by atoms with Crippen LogP contribution in [0.1, 0.15) is 32.3 Å². The summed E-state index contributed by atoms with van der Waals surface area (Å²) in [5.74, 6) is 0. The number of rotatable bonds is 7. The minimum atomic E-state index is 0.522. The molecule has 2 aromatic carbocycles. The van der Waals surface area contributed by atoms with Crippen LogP contribution in [0.3, 0.4) is 0 Å². The molecular formula is C27H31Cl2N3O. The van der Waals surface area contributed by atoms with E-state index in [4.69, 9.17) is 32.9 Å². The molecule has 4 nitrogen and oxygen atoms in total. The van der Waals surface area contributed by atoms with Crippen molar-refractivity contribution in [3.05, 3.63) is 74.9 Å². The van der Waals surface area contributed by atoms with Crippen LogP contribution in [0, 0.1) is 0 Å². The van der Waals surface area contributed by atoms with Crippen molar-refractivity contribution in [3.63, 3.8) is 0 Å². The van der Waals surface area contributed by atoms with Crippen LogP contribution in [0.15, 0.2) is 64.3 Å². The molecule has 0 saturated carbocycles. The number of aliphatic imine (C=N–C) groups is 1. The highest BCUT2D eigenvalue weighted by atomic mass is 35.5. The number of ether oxygens (including phenoxy) is 1. The van der Waals surface area contributed by atoms with Gasteiger partial charge < -0.3 is 14.5 Å². The third kappa shape index (κ3) is 5.81. The normalized spacial score (nSPS) is 18.1. The van der Waals surface area contributed by atoms with Gasteiger partial charge in [0.05, 0.1) is 28.9 Å². The number of morpholine rings is 1. The van der Waals surface area contributed by atoms with Crippen LogP contribution < -0.4 is 4.90 Å². The van der Waals surface area contributed by atoms with Crippen molar-refractivity contribution in [2.45, 2.75) is 26.7 Å². The molecule has 2 aromatic rings. The van der Waals surface area contributed by atoms with Gasteiger partial charge in [0.2, 0.25) is 0 Å². The Kier molecular flexibility index (Phi) is 8.13. The lowest BCUT2D eigenvalue weighted by Crippen LogP contribution is -2.36. The fourth-order valence-electron chi connectivity index (χ4n) is 4.46. The molecule has 0 unspecified atom stereocenters. The van der Waals surface area contributed by atoms with Crippen LogP contribution in [0.2, 0.25) is 10.0 Å². The first-order valence-corrected chi connectivity index (χ1v) is 12.5. The summed E-state index contributed by atoms with van der Waals surface area (Å²) in [6, 6.07) is 14.4. The number of hydrogen-bond acceptors (Lipinski definition) is 4. The van der Waals surface area contributed by atoms with Gasteiger partial charge in [0, 0.05) is 43.8 Å². The second-order valence-electron chi connectivity index (χ2n) is 8.26. The quantitative estimate of drug-likeness (QED) is 0.396. The fourth-order valence-corrected chi connectivity index (χ4v) is 4.75. The lowest BCUT2D eigenvalue weighted by molar-refractivity contribution is 0.0548. The molecule has 33 heavy (non-hydrogen) atoms. The SMILES string of the molecule is CCN(CC)c1ccc(C=C2CCC(C=Nc3ccc(Cl)c(Cl)c3)=C2N2CCOCC2)cc1. The Morgan fingerprint density at radius 3 is 2.36 bits per heavy atom. The molecule has 0 aromatic heterocycles. The maximum atomic E-state index is 6.17. The number of anilines is 1. The van der Waals surface area contributed by atoms with Gasteiger partial charge in [0.25, 0.3) is 0 Å². The summed E-state index contributed by atoms with van der Waals surface area (Å²) >= 11 is 12.2. The Morgan fingerprint density at radius 1 is 0.970 bits per heavy atom.